The molecule has 0 saturated heterocycles. The largest absolute Gasteiger partial charge is 0.497 e. The number of nitrogens with zero attached hydrogens (tertiary/aromatic N) is 2. The molecule has 0 spiro atoms. The molecule has 1 aliphatic rings. The lowest BCUT2D eigenvalue weighted by Gasteiger charge is -2.17. The van der Waals surface area contributed by atoms with Gasteiger partial charge in [-0.3, -0.25) is 0 Å². The van der Waals surface area contributed by atoms with Crippen LogP contribution in [-0.4, -0.2) is 20.8 Å². The quantitative estimate of drug-likeness (QED) is 0.172. The molecule has 37 heavy (non-hydrogen) atoms. The molecule has 4 nitrogen and oxygen atoms in total. The second kappa shape index (κ2) is 11.3. The van der Waals surface area contributed by atoms with Crippen molar-refractivity contribution in [2.24, 2.45) is 0 Å². The second-order valence-corrected chi connectivity index (χ2v) is 10.6. The maximum atomic E-state index is 5.45. The third kappa shape index (κ3) is 5.17. The van der Waals surface area contributed by atoms with Gasteiger partial charge in [-0.1, -0.05) is 59.5 Å². The monoisotopic (exact) mass is 527 g/mol. The highest BCUT2D eigenvalue weighted by atomic mass is 32.2. The van der Waals surface area contributed by atoms with E-state index in [0.29, 0.717) is 0 Å². The predicted octanol–water partition coefficient (Wildman–Crippen LogP) is 7.80. The second-order valence-electron chi connectivity index (χ2n) is 8.52. The number of allylic oxidation sites excluding steroid dienone is 4. The van der Waals surface area contributed by atoms with Gasteiger partial charge in [0.15, 0.2) is 0 Å². The van der Waals surface area contributed by atoms with Crippen LogP contribution in [0.3, 0.4) is 0 Å². The molecule has 5 rings (SSSR count). The minimum atomic E-state index is 0.886. The van der Waals surface area contributed by atoms with Crippen molar-refractivity contribution in [1.82, 2.24) is 0 Å². The molecule has 0 aliphatic carbocycles. The van der Waals surface area contributed by atoms with Crippen LogP contribution in [0.15, 0.2) is 94.9 Å². The fourth-order valence-electron chi connectivity index (χ4n) is 4.53. The van der Waals surface area contributed by atoms with Gasteiger partial charge in [-0.05, 0) is 61.4 Å². The average molecular weight is 528 g/mol. The first kappa shape index (κ1) is 25.2. The summed E-state index contributed by atoms with van der Waals surface area (Å²) in [5.41, 5.74) is 4.81. The van der Waals surface area contributed by atoms with Crippen molar-refractivity contribution in [3.05, 3.63) is 101 Å². The Morgan fingerprint density at radius 3 is 2.43 bits per heavy atom. The van der Waals surface area contributed by atoms with Gasteiger partial charge in [-0.25, -0.2) is 0 Å². The van der Waals surface area contributed by atoms with Crippen LogP contribution in [0.5, 0.6) is 11.5 Å². The van der Waals surface area contributed by atoms with Crippen molar-refractivity contribution in [3.8, 4) is 11.5 Å². The highest BCUT2D eigenvalue weighted by Crippen LogP contribution is 2.47. The molecule has 0 fully saturated rings. The molecule has 0 bridgehead atoms. The van der Waals surface area contributed by atoms with E-state index in [1.165, 1.54) is 36.4 Å². The van der Waals surface area contributed by atoms with Gasteiger partial charge in [0.05, 0.1) is 24.9 Å². The highest BCUT2D eigenvalue weighted by Gasteiger charge is 2.24. The van der Waals surface area contributed by atoms with Crippen LogP contribution in [-0.2, 0) is 6.54 Å². The normalized spacial score (nSPS) is 14.6. The molecule has 0 saturated carbocycles. The Labute approximate surface area is 227 Å². The van der Waals surface area contributed by atoms with Crippen LogP contribution >= 0.6 is 23.1 Å². The lowest BCUT2D eigenvalue weighted by Crippen LogP contribution is -2.33. The van der Waals surface area contributed by atoms with Crippen molar-refractivity contribution in [2.45, 2.75) is 25.3 Å². The predicted molar refractivity (Wildman–Crippen MR) is 158 cm³/mol. The first-order chi connectivity index (χ1) is 18.1. The zero-order chi connectivity index (χ0) is 25.8. The number of thioether (sulfide) groups is 1. The molecule has 1 aliphatic heterocycles. The lowest BCUT2D eigenvalue weighted by molar-refractivity contribution is -0.665. The molecule has 0 radical (unpaired) electrons. The molecule has 3 aromatic carbocycles. The van der Waals surface area contributed by atoms with Gasteiger partial charge in [0.25, 0.3) is 5.01 Å². The summed E-state index contributed by atoms with van der Waals surface area (Å²) < 4.78 is 14.5. The Morgan fingerprint density at radius 1 is 0.946 bits per heavy atom. The molecule has 0 atom stereocenters. The van der Waals surface area contributed by atoms with Crippen molar-refractivity contribution in [1.29, 1.82) is 0 Å². The number of thiazole rings is 1. The van der Waals surface area contributed by atoms with Crippen molar-refractivity contribution < 1.29 is 14.0 Å². The molecular weight excluding hydrogens is 496 g/mol. The number of rotatable bonds is 8. The van der Waals surface area contributed by atoms with Crippen LogP contribution in [0.25, 0.3) is 21.9 Å². The SMILES string of the molecule is CCN1\C(=C/C=C(/C=C/c2sc3cc(OC)ccc3[n+]2CC)c2ccccc2)Sc2cc(OC)ccc21. The van der Waals surface area contributed by atoms with E-state index >= 15 is 0 Å². The minimum absolute atomic E-state index is 0.886. The molecule has 0 amide bonds. The minimum Gasteiger partial charge on any atom is -0.497 e. The van der Waals surface area contributed by atoms with E-state index in [9.17, 15) is 0 Å². The fourth-order valence-corrected chi connectivity index (χ4v) is 6.84. The van der Waals surface area contributed by atoms with E-state index in [1.54, 1.807) is 37.3 Å². The first-order valence-corrected chi connectivity index (χ1v) is 14.1. The molecule has 0 N–H and O–H groups in total. The van der Waals surface area contributed by atoms with Gasteiger partial charge in [0.1, 0.15) is 22.7 Å². The maximum Gasteiger partial charge on any atom is 0.262 e. The number of aryl methyl sites for hydroxylation is 1. The summed E-state index contributed by atoms with van der Waals surface area (Å²) in [7, 11) is 3.43. The van der Waals surface area contributed by atoms with Gasteiger partial charge >= 0.3 is 0 Å². The number of hydrogen-bond acceptors (Lipinski definition) is 5. The van der Waals surface area contributed by atoms with E-state index < -0.39 is 0 Å². The van der Waals surface area contributed by atoms with Crippen LogP contribution in [0, 0.1) is 0 Å². The first-order valence-electron chi connectivity index (χ1n) is 12.4. The zero-order valence-corrected chi connectivity index (χ0v) is 23.2. The van der Waals surface area contributed by atoms with Gasteiger partial charge in [0, 0.05) is 29.6 Å². The van der Waals surface area contributed by atoms with Crippen LogP contribution in [0.1, 0.15) is 24.4 Å². The number of benzene rings is 3. The molecule has 4 aromatic rings. The Kier molecular flexibility index (Phi) is 7.68. The number of ether oxygens (including phenoxy) is 2. The number of anilines is 1. The van der Waals surface area contributed by atoms with Crippen molar-refractivity contribution in [2.75, 3.05) is 25.7 Å². The number of aromatic nitrogens is 1. The van der Waals surface area contributed by atoms with Gasteiger partial charge in [-0.2, -0.15) is 4.57 Å². The Bertz CT molecular complexity index is 1500. The number of fused-ring (bicyclic) bond motifs is 2. The summed E-state index contributed by atoms with van der Waals surface area (Å²) in [6.45, 7) is 6.19. The van der Waals surface area contributed by atoms with Crippen LogP contribution in [0.2, 0.25) is 0 Å². The van der Waals surface area contributed by atoms with Crippen LogP contribution < -0.4 is 18.9 Å². The molecule has 188 valence electrons. The Balaban J connectivity index is 1.52. The smallest absolute Gasteiger partial charge is 0.262 e. The Morgan fingerprint density at radius 2 is 1.70 bits per heavy atom. The van der Waals surface area contributed by atoms with Crippen molar-refractivity contribution in [3.63, 3.8) is 0 Å². The summed E-state index contributed by atoms with van der Waals surface area (Å²) in [6, 6.07) is 23.2. The van der Waals surface area contributed by atoms with E-state index in [-0.39, 0.29) is 0 Å². The van der Waals surface area contributed by atoms with Crippen LogP contribution in [0.4, 0.5) is 5.69 Å². The average Bonchev–Trinajstić information content (AvgIpc) is 3.49. The van der Waals surface area contributed by atoms with E-state index in [0.717, 1.165) is 30.2 Å². The number of methoxy groups -OCH3 is 2. The topological polar surface area (TPSA) is 25.6 Å². The van der Waals surface area contributed by atoms with Gasteiger partial charge in [0.2, 0.25) is 5.52 Å². The zero-order valence-electron chi connectivity index (χ0n) is 21.6. The van der Waals surface area contributed by atoms with E-state index in [2.05, 4.69) is 102 Å². The maximum absolute atomic E-state index is 5.45. The third-order valence-electron chi connectivity index (χ3n) is 6.43. The van der Waals surface area contributed by atoms with E-state index in [4.69, 9.17) is 9.47 Å². The summed E-state index contributed by atoms with van der Waals surface area (Å²) in [5, 5.41) is 2.43. The summed E-state index contributed by atoms with van der Waals surface area (Å²) in [4.78, 5) is 3.58. The van der Waals surface area contributed by atoms with E-state index in [1.807, 2.05) is 12.1 Å². The van der Waals surface area contributed by atoms with Gasteiger partial charge < -0.3 is 14.4 Å². The Hall–Kier alpha value is -3.48. The lowest BCUT2D eigenvalue weighted by atomic mass is 10.1. The summed E-state index contributed by atoms with van der Waals surface area (Å²) >= 11 is 3.57. The van der Waals surface area contributed by atoms with Gasteiger partial charge in [-0.15, -0.1) is 0 Å². The molecule has 1 aromatic heterocycles. The highest BCUT2D eigenvalue weighted by molar-refractivity contribution is 8.03. The standard InChI is InChI=1S/C31H31N2O2S2/c1-5-32-26-16-14-24(34-3)20-28(26)36-30(32)18-12-23(22-10-8-7-9-11-22)13-19-31-33(6-2)27-17-15-25(35-4)21-29(27)37-31/h7-21H,5-6H2,1-4H3/q+1. The number of hydrogen-bond donors (Lipinski definition) is 0. The summed E-state index contributed by atoms with van der Waals surface area (Å²) in [5.74, 6) is 1.77. The molecule has 2 heterocycles. The van der Waals surface area contributed by atoms with Crippen molar-refractivity contribution >= 4 is 50.7 Å². The molecule has 0 unspecified atom stereocenters. The molecule has 6 heteroatoms. The third-order valence-corrected chi connectivity index (χ3v) is 8.65. The summed E-state index contributed by atoms with van der Waals surface area (Å²) in [6.07, 6.45) is 8.92. The fraction of sp³-hybridized carbons (Fsp3) is 0.194. The molecular formula is C31H31N2O2S2+.